The molecule has 20 heavy (non-hydrogen) atoms. The van der Waals surface area contributed by atoms with Gasteiger partial charge in [-0.2, -0.15) is 4.31 Å². The molecule has 0 radical (unpaired) electrons. The Morgan fingerprint density at radius 3 is 2.55 bits per heavy atom. The van der Waals surface area contributed by atoms with Crippen LogP contribution in [0.3, 0.4) is 0 Å². The summed E-state index contributed by atoms with van der Waals surface area (Å²) in [6.07, 6.45) is 2.08. The van der Waals surface area contributed by atoms with Gasteiger partial charge >= 0.3 is 0 Å². The zero-order chi connectivity index (χ0) is 14.9. The van der Waals surface area contributed by atoms with E-state index in [1.54, 1.807) is 18.2 Å². The van der Waals surface area contributed by atoms with E-state index in [0.29, 0.717) is 13.0 Å². The lowest BCUT2D eigenvalue weighted by Crippen LogP contribution is -2.50. The van der Waals surface area contributed by atoms with Crippen molar-refractivity contribution >= 4 is 15.9 Å². The number of benzene rings is 1. The summed E-state index contributed by atoms with van der Waals surface area (Å²) in [7, 11) is -3.66. The van der Waals surface area contributed by atoms with E-state index in [9.17, 15) is 13.2 Å². The highest BCUT2D eigenvalue weighted by molar-refractivity contribution is 7.89. The number of piperidine rings is 1. The molecule has 1 aliphatic rings. The summed E-state index contributed by atoms with van der Waals surface area (Å²) in [4.78, 5) is 11.7. The van der Waals surface area contributed by atoms with E-state index in [0.717, 1.165) is 24.0 Å². The fourth-order valence-electron chi connectivity index (χ4n) is 2.49. The number of rotatable bonds is 3. The van der Waals surface area contributed by atoms with Gasteiger partial charge in [-0.3, -0.25) is 4.79 Å². The molecule has 5 nitrogen and oxygen atoms in total. The molecule has 1 saturated heterocycles. The van der Waals surface area contributed by atoms with E-state index in [1.165, 1.54) is 4.31 Å². The van der Waals surface area contributed by atoms with Gasteiger partial charge in [0.2, 0.25) is 15.9 Å². The zero-order valence-electron chi connectivity index (χ0n) is 11.8. The Kier molecular flexibility index (Phi) is 4.15. The van der Waals surface area contributed by atoms with Gasteiger partial charge in [-0.1, -0.05) is 12.5 Å². The van der Waals surface area contributed by atoms with Crippen molar-refractivity contribution in [2.75, 3.05) is 6.54 Å². The maximum Gasteiger partial charge on any atom is 0.243 e. The van der Waals surface area contributed by atoms with Crippen molar-refractivity contribution in [3.63, 3.8) is 0 Å². The minimum absolute atomic E-state index is 0.230. The Balaban J connectivity index is 2.42. The Bertz CT molecular complexity index is 625. The molecule has 2 rings (SSSR count). The Hall–Kier alpha value is -1.40. The van der Waals surface area contributed by atoms with E-state index in [1.807, 2.05) is 13.8 Å². The molecule has 1 amide bonds. The molecule has 2 N–H and O–H groups in total. The third-order valence-electron chi connectivity index (χ3n) is 3.87. The summed E-state index contributed by atoms with van der Waals surface area (Å²) in [5.74, 6) is -0.572. The van der Waals surface area contributed by atoms with Crippen LogP contribution in [0.2, 0.25) is 0 Å². The third-order valence-corrected chi connectivity index (χ3v) is 5.77. The number of nitrogens with zero attached hydrogens (tertiary/aromatic N) is 1. The van der Waals surface area contributed by atoms with Crippen LogP contribution >= 0.6 is 0 Å². The summed E-state index contributed by atoms with van der Waals surface area (Å²) >= 11 is 0. The number of hydrogen-bond acceptors (Lipinski definition) is 3. The molecule has 0 saturated carbocycles. The highest BCUT2D eigenvalue weighted by atomic mass is 32.2. The van der Waals surface area contributed by atoms with Crippen LogP contribution < -0.4 is 5.73 Å². The first-order chi connectivity index (χ1) is 9.34. The van der Waals surface area contributed by atoms with E-state index >= 15 is 0 Å². The van der Waals surface area contributed by atoms with Gasteiger partial charge in [0.25, 0.3) is 0 Å². The molecule has 1 aliphatic heterocycles. The maximum absolute atomic E-state index is 12.7. The van der Waals surface area contributed by atoms with Gasteiger partial charge < -0.3 is 5.73 Å². The zero-order valence-corrected chi connectivity index (χ0v) is 12.6. The van der Waals surface area contributed by atoms with Crippen molar-refractivity contribution in [2.45, 2.75) is 44.0 Å². The number of carbonyl (C=O) groups excluding carboxylic acids is 1. The smallest absolute Gasteiger partial charge is 0.243 e. The van der Waals surface area contributed by atoms with Crippen molar-refractivity contribution in [1.82, 2.24) is 4.31 Å². The first kappa shape index (κ1) is 15.0. The minimum atomic E-state index is -3.66. The topological polar surface area (TPSA) is 80.5 Å². The monoisotopic (exact) mass is 296 g/mol. The molecule has 1 aromatic carbocycles. The van der Waals surface area contributed by atoms with Crippen LogP contribution in [0.15, 0.2) is 23.1 Å². The van der Waals surface area contributed by atoms with Gasteiger partial charge in [-0.05, 0) is 49.9 Å². The van der Waals surface area contributed by atoms with Crippen LogP contribution in [-0.2, 0) is 14.8 Å². The molecule has 0 aromatic heterocycles. The van der Waals surface area contributed by atoms with Gasteiger partial charge in [0, 0.05) is 6.54 Å². The van der Waals surface area contributed by atoms with E-state index in [4.69, 9.17) is 5.73 Å². The Morgan fingerprint density at radius 2 is 1.95 bits per heavy atom. The first-order valence-electron chi connectivity index (χ1n) is 6.72. The average Bonchev–Trinajstić information content (AvgIpc) is 2.41. The highest BCUT2D eigenvalue weighted by Crippen LogP contribution is 2.26. The number of primary amides is 1. The number of amides is 1. The fraction of sp³-hybridized carbons (Fsp3) is 0.500. The predicted octanol–water partition coefficient (Wildman–Crippen LogP) is 1.33. The second-order valence-corrected chi connectivity index (χ2v) is 7.17. The van der Waals surface area contributed by atoms with Crippen LogP contribution in [0.1, 0.15) is 30.4 Å². The van der Waals surface area contributed by atoms with E-state index in [2.05, 4.69) is 0 Å². The average molecular weight is 296 g/mol. The van der Waals surface area contributed by atoms with Crippen molar-refractivity contribution < 1.29 is 13.2 Å². The number of hydrogen-bond donors (Lipinski definition) is 1. The van der Waals surface area contributed by atoms with E-state index < -0.39 is 22.0 Å². The van der Waals surface area contributed by atoms with Crippen molar-refractivity contribution in [3.05, 3.63) is 29.3 Å². The first-order valence-corrected chi connectivity index (χ1v) is 8.16. The summed E-state index contributed by atoms with van der Waals surface area (Å²) < 4.78 is 26.6. The summed E-state index contributed by atoms with van der Waals surface area (Å²) in [6.45, 7) is 4.15. The van der Waals surface area contributed by atoms with Crippen LogP contribution in [0.4, 0.5) is 0 Å². The number of nitrogens with two attached hydrogens (primary N) is 1. The second kappa shape index (κ2) is 5.54. The third kappa shape index (κ3) is 2.71. The van der Waals surface area contributed by atoms with Crippen LogP contribution in [0, 0.1) is 13.8 Å². The molecular formula is C14H20N2O3S. The van der Waals surface area contributed by atoms with Gasteiger partial charge in [0.15, 0.2) is 0 Å². The summed E-state index contributed by atoms with van der Waals surface area (Å²) in [5, 5.41) is 0. The molecule has 1 fully saturated rings. The normalized spacial score (nSPS) is 20.8. The van der Waals surface area contributed by atoms with Crippen LogP contribution in [-0.4, -0.2) is 31.2 Å². The Labute approximate surface area is 119 Å². The second-order valence-electron chi connectivity index (χ2n) is 5.28. The number of sulfonamides is 1. The molecule has 0 bridgehead atoms. The molecule has 0 aliphatic carbocycles. The molecule has 0 spiro atoms. The molecule has 1 atom stereocenters. The molecule has 1 aromatic rings. The van der Waals surface area contributed by atoms with Gasteiger partial charge in [0.05, 0.1) is 4.90 Å². The quantitative estimate of drug-likeness (QED) is 0.913. The molecule has 1 heterocycles. The predicted molar refractivity (Wildman–Crippen MR) is 76.6 cm³/mol. The largest absolute Gasteiger partial charge is 0.368 e. The van der Waals surface area contributed by atoms with Crippen LogP contribution in [0.25, 0.3) is 0 Å². The molecule has 110 valence electrons. The van der Waals surface area contributed by atoms with Gasteiger partial charge in [-0.25, -0.2) is 8.42 Å². The lowest BCUT2D eigenvalue weighted by molar-refractivity contribution is -0.122. The SMILES string of the molecule is Cc1ccc(S(=O)(=O)N2CCCC[C@H]2C(N)=O)cc1C. The van der Waals surface area contributed by atoms with Gasteiger partial charge in [0.1, 0.15) is 6.04 Å². The summed E-state index contributed by atoms with van der Waals surface area (Å²) in [6, 6.07) is 4.29. The highest BCUT2D eigenvalue weighted by Gasteiger charge is 2.36. The standard InChI is InChI=1S/C14H20N2O3S/c1-10-6-7-12(9-11(10)2)20(18,19)16-8-4-3-5-13(16)14(15)17/h6-7,9,13H,3-5,8H2,1-2H3,(H2,15,17)/t13-/m0/s1. The van der Waals surface area contributed by atoms with Crippen LogP contribution in [0.5, 0.6) is 0 Å². The van der Waals surface area contributed by atoms with Gasteiger partial charge in [-0.15, -0.1) is 0 Å². The molecule has 0 unspecified atom stereocenters. The van der Waals surface area contributed by atoms with Crippen molar-refractivity contribution in [3.8, 4) is 0 Å². The summed E-state index contributed by atoms with van der Waals surface area (Å²) in [5.41, 5.74) is 7.29. The molecule has 6 heteroatoms. The maximum atomic E-state index is 12.7. The number of carbonyl (C=O) groups is 1. The number of aryl methyl sites for hydroxylation is 2. The van der Waals surface area contributed by atoms with Crippen molar-refractivity contribution in [1.29, 1.82) is 0 Å². The van der Waals surface area contributed by atoms with E-state index in [-0.39, 0.29) is 4.90 Å². The lowest BCUT2D eigenvalue weighted by Gasteiger charge is -2.32. The Morgan fingerprint density at radius 1 is 1.25 bits per heavy atom. The minimum Gasteiger partial charge on any atom is -0.368 e. The lowest BCUT2D eigenvalue weighted by atomic mass is 10.0. The molecular weight excluding hydrogens is 276 g/mol. The fourth-order valence-corrected chi connectivity index (χ4v) is 4.24. The van der Waals surface area contributed by atoms with Crippen molar-refractivity contribution in [2.24, 2.45) is 5.73 Å².